The lowest BCUT2D eigenvalue weighted by Gasteiger charge is -2.37. The van der Waals surface area contributed by atoms with Crippen LogP contribution in [0.3, 0.4) is 0 Å². The molecule has 0 saturated carbocycles. The molecule has 2 heterocycles. The van der Waals surface area contributed by atoms with Gasteiger partial charge in [0.05, 0.1) is 4.92 Å². The van der Waals surface area contributed by atoms with Crippen LogP contribution in [0.25, 0.3) is 0 Å². The Morgan fingerprint density at radius 3 is 2.67 bits per heavy atom. The third kappa shape index (κ3) is 2.59. The van der Waals surface area contributed by atoms with Gasteiger partial charge in [0.2, 0.25) is 0 Å². The SMILES string of the molecule is CCC1Cc2ccccc2CN1c1ccc([N+](=O)[O-])cn1. The molecule has 0 spiro atoms. The molecule has 21 heavy (non-hydrogen) atoms. The van der Waals surface area contributed by atoms with Crippen LogP contribution >= 0.6 is 0 Å². The van der Waals surface area contributed by atoms with Gasteiger partial charge in [-0.25, -0.2) is 4.98 Å². The van der Waals surface area contributed by atoms with Crippen LogP contribution in [0, 0.1) is 10.1 Å². The van der Waals surface area contributed by atoms with Crippen LogP contribution in [0.1, 0.15) is 24.5 Å². The Labute approximate surface area is 123 Å². The standard InChI is InChI=1S/C16H17N3O2/c1-2-14-9-12-5-3-4-6-13(12)11-18(14)16-8-7-15(10-17-16)19(20)21/h3-8,10,14H,2,9,11H2,1H3. The minimum Gasteiger partial charge on any atom is -0.349 e. The fourth-order valence-electron chi connectivity index (χ4n) is 2.88. The molecule has 3 rings (SSSR count). The fourth-order valence-corrected chi connectivity index (χ4v) is 2.88. The third-order valence-corrected chi connectivity index (χ3v) is 4.06. The maximum Gasteiger partial charge on any atom is 0.287 e. The van der Waals surface area contributed by atoms with Gasteiger partial charge in [-0.15, -0.1) is 0 Å². The van der Waals surface area contributed by atoms with Gasteiger partial charge in [0, 0.05) is 18.7 Å². The van der Waals surface area contributed by atoms with E-state index in [0.29, 0.717) is 6.04 Å². The summed E-state index contributed by atoms with van der Waals surface area (Å²) >= 11 is 0. The normalized spacial score (nSPS) is 17.4. The maximum absolute atomic E-state index is 10.7. The van der Waals surface area contributed by atoms with Crippen molar-refractivity contribution in [1.29, 1.82) is 0 Å². The highest BCUT2D eigenvalue weighted by Gasteiger charge is 2.25. The van der Waals surface area contributed by atoms with Gasteiger partial charge in [0.25, 0.3) is 5.69 Å². The number of fused-ring (bicyclic) bond motifs is 1. The third-order valence-electron chi connectivity index (χ3n) is 4.06. The lowest BCUT2D eigenvalue weighted by molar-refractivity contribution is -0.385. The number of anilines is 1. The summed E-state index contributed by atoms with van der Waals surface area (Å²) in [4.78, 5) is 16.8. The van der Waals surface area contributed by atoms with E-state index in [4.69, 9.17) is 0 Å². The highest BCUT2D eigenvalue weighted by Crippen LogP contribution is 2.29. The van der Waals surface area contributed by atoms with Crippen LogP contribution < -0.4 is 4.90 Å². The summed E-state index contributed by atoms with van der Waals surface area (Å²) in [6.07, 6.45) is 3.35. The van der Waals surface area contributed by atoms with Gasteiger partial charge in [-0.3, -0.25) is 10.1 Å². The molecule has 0 radical (unpaired) electrons. The van der Waals surface area contributed by atoms with Crippen LogP contribution in [0.4, 0.5) is 11.5 Å². The lowest BCUT2D eigenvalue weighted by Crippen LogP contribution is -2.40. The van der Waals surface area contributed by atoms with Gasteiger partial charge in [-0.1, -0.05) is 31.2 Å². The second-order valence-corrected chi connectivity index (χ2v) is 5.29. The Balaban J connectivity index is 1.91. The summed E-state index contributed by atoms with van der Waals surface area (Å²) in [5.41, 5.74) is 2.73. The number of aromatic nitrogens is 1. The minimum absolute atomic E-state index is 0.0317. The molecular weight excluding hydrogens is 266 g/mol. The molecule has 1 aromatic carbocycles. The van der Waals surface area contributed by atoms with Crippen molar-refractivity contribution in [3.63, 3.8) is 0 Å². The zero-order chi connectivity index (χ0) is 14.8. The second-order valence-electron chi connectivity index (χ2n) is 5.29. The van der Waals surface area contributed by atoms with Crippen LogP contribution in [-0.2, 0) is 13.0 Å². The Bertz CT molecular complexity index is 655. The van der Waals surface area contributed by atoms with Gasteiger partial charge in [-0.2, -0.15) is 0 Å². The van der Waals surface area contributed by atoms with Crippen LogP contribution in [0.5, 0.6) is 0 Å². The van der Waals surface area contributed by atoms with Crippen molar-refractivity contribution in [1.82, 2.24) is 4.98 Å². The van der Waals surface area contributed by atoms with Gasteiger partial charge in [0.15, 0.2) is 0 Å². The number of benzene rings is 1. The summed E-state index contributed by atoms with van der Waals surface area (Å²) in [7, 11) is 0. The van der Waals surface area contributed by atoms with E-state index in [1.54, 1.807) is 6.07 Å². The molecule has 1 atom stereocenters. The molecule has 5 nitrogen and oxygen atoms in total. The van der Waals surface area contributed by atoms with Crippen LogP contribution in [0.15, 0.2) is 42.6 Å². The number of pyridine rings is 1. The van der Waals surface area contributed by atoms with E-state index >= 15 is 0 Å². The Hall–Kier alpha value is -2.43. The molecule has 1 aromatic heterocycles. The van der Waals surface area contributed by atoms with Crippen molar-refractivity contribution < 1.29 is 4.92 Å². The zero-order valence-electron chi connectivity index (χ0n) is 11.9. The van der Waals surface area contributed by atoms with Gasteiger partial charge in [-0.05, 0) is 30.0 Å². The molecule has 0 amide bonds. The monoisotopic (exact) mass is 283 g/mol. The summed E-state index contributed by atoms with van der Waals surface area (Å²) in [6, 6.07) is 12.1. The summed E-state index contributed by atoms with van der Waals surface area (Å²) in [5.74, 6) is 0.807. The van der Waals surface area contributed by atoms with E-state index in [1.807, 2.05) is 6.07 Å². The number of hydrogen-bond donors (Lipinski definition) is 0. The zero-order valence-corrected chi connectivity index (χ0v) is 11.9. The van der Waals surface area contributed by atoms with Crippen LogP contribution in [0.2, 0.25) is 0 Å². The van der Waals surface area contributed by atoms with E-state index in [9.17, 15) is 10.1 Å². The van der Waals surface area contributed by atoms with Gasteiger partial charge < -0.3 is 4.90 Å². The molecule has 2 aromatic rings. The topological polar surface area (TPSA) is 59.3 Å². The van der Waals surface area contributed by atoms with Crippen molar-refractivity contribution in [2.45, 2.75) is 32.4 Å². The van der Waals surface area contributed by atoms with E-state index < -0.39 is 4.92 Å². The highest BCUT2D eigenvalue weighted by atomic mass is 16.6. The van der Waals surface area contributed by atoms with E-state index in [-0.39, 0.29) is 5.69 Å². The molecule has 0 aliphatic carbocycles. The lowest BCUT2D eigenvalue weighted by atomic mass is 9.92. The predicted octanol–water partition coefficient (Wildman–Crippen LogP) is 3.33. The first-order chi connectivity index (χ1) is 10.2. The van der Waals surface area contributed by atoms with Crippen molar-refractivity contribution in [2.75, 3.05) is 4.90 Å². The predicted molar refractivity (Wildman–Crippen MR) is 81.3 cm³/mol. The van der Waals surface area contributed by atoms with E-state index in [2.05, 4.69) is 35.0 Å². The van der Waals surface area contributed by atoms with Crippen molar-refractivity contribution >= 4 is 11.5 Å². The quantitative estimate of drug-likeness (QED) is 0.640. The molecule has 0 bridgehead atoms. The summed E-state index contributed by atoms with van der Waals surface area (Å²) in [5, 5.41) is 10.7. The van der Waals surface area contributed by atoms with Crippen molar-refractivity contribution in [2.24, 2.45) is 0 Å². The van der Waals surface area contributed by atoms with Gasteiger partial charge >= 0.3 is 0 Å². The Morgan fingerprint density at radius 2 is 2.05 bits per heavy atom. The smallest absolute Gasteiger partial charge is 0.287 e. The van der Waals surface area contributed by atoms with Crippen molar-refractivity contribution in [3.05, 3.63) is 63.8 Å². The molecule has 0 saturated heterocycles. The average Bonchev–Trinajstić information content (AvgIpc) is 2.53. The molecule has 0 fully saturated rings. The molecule has 1 aliphatic heterocycles. The first-order valence-corrected chi connectivity index (χ1v) is 7.13. The van der Waals surface area contributed by atoms with Gasteiger partial charge in [0.1, 0.15) is 12.0 Å². The maximum atomic E-state index is 10.7. The molecule has 1 unspecified atom stereocenters. The first-order valence-electron chi connectivity index (χ1n) is 7.13. The fraction of sp³-hybridized carbons (Fsp3) is 0.312. The second kappa shape index (κ2) is 5.52. The highest BCUT2D eigenvalue weighted by molar-refractivity contribution is 5.48. The Kier molecular flexibility index (Phi) is 3.56. The van der Waals surface area contributed by atoms with E-state index in [1.165, 1.54) is 23.4 Å². The largest absolute Gasteiger partial charge is 0.349 e. The summed E-state index contributed by atoms with van der Waals surface area (Å²) < 4.78 is 0. The molecule has 0 N–H and O–H groups in total. The van der Waals surface area contributed by atoms with Crippen molar-refractivity contribution in [3.8, 4) is 0 Å². The number of nitro groups is 1. The minimum atomic E-state index is -0.417. The summed E-state index contributed by atoms with van der Waals surface area (Å²) in [6.45, 7) is 2.97. The number of nitrogens with zero attached hydrogens (tertiary/aromatic N) is 3. The van der Waals surface area contributed by atoms with Crippen LogP contribution in [-0.4, -0.2) is 15.9 Å². The molecule has 1 aliphatic rings. The molecule has 5 heteroatoms. The van der Waals surface area contributed by atoms with E-state index in [0.717, 1.165) is 25.2 Å². The molecular formula is C16H17N3O2. The molecule has 108 valence electrons. The number of rotatable bonds is 3. The Morgan fingerprint density at radius 1 is 1.29 bits per heavy atom. The average molecular weight is 283 g/mol. The first kappa shape index (κ1) is 13.5. The number of hydrogen-bond acceptors (Lipinski definition) is 4.